The van der Waals surface area contributed by atoms with Crippen LogP contribution in [0.25, 0.3) is 72.0 Å². The first kappa shape index (κ1) is 80.7. The quantitative estimate of drug-likeness (QED) is 0.141. The molecule has 1 aromatic heterocycles. The Balaban J connectivity index is 1.04. The fraction of sp³-hybridized carbons (Fsp3) is 0.322. The summed E-state index contributed by atoms with van der Waals surface area (Å²) in [6, 6.07) is 104. The van der Waals surface area contributed by atoms with Gasteiger partial charge >= 0.3 is 0 Å². The van der Waals surface area contributed by atoms with Crippen molar-refractivity contribution >= 4 is 79.0 Å². The Morgan fingerprint density at radius 1 is 0.227 bits per heavy atom. The van der Waals surface area contributed by atoms with Crippen LogP contribution in [-0.2, 0) is 54.1 Å². The van der Waals surface area contributed by atoms with Gasteiger partial charge in [-0.25, -0.2) is 0 Å². The molecule has 0 spiro atoms. The van der Waals surface area contributed by atoms with Crippen LogP contribution in [0.2, 0.25) is 0 Å². The van der Waals surface area contributed by atoms with Gasteiger partial charge in [-0.1, -0.05) is 375 Å². The van der Waals surface area contributed by atoms with Crippen LogP contribution >= 0.6 is 0 Å². The maximum absolute atomic E-state index is 2.76. The summed E-state index contributed by atoms with van der Waals surface area (Å²) in [4.78, 5) is 5.52. The molecular formula is C115H124BN3. The summed E-state index contributed by atoms with van der Waals surface area (Å²) in [5.74, 6) is 0. The van der Waals surface area contributed by atoms with E-state index in [1.807, 2.05) is 0 Å². The number of nitrogens with zero attached hydrogens (tertiary/aromatic N) is 3. The summed E-state index contributed by atoms with van der Waals surface area (Å²) < 4.78 is 2.62. The lowest BCUT2D eigenvalue weighted by atomic mass is 9.33. The van der Waals surface area contributed by atoms with Gasteiger partial charge < -0.3 is 14.4 Å². The van der Waals surface area contributed by atoms with E-state index in [1.54, 1.807) is 0 Å². The second kappa shape index (κ2) is 27.7. The largest absolute Gasteiger partial charge is 0.311 e. The summed E-state index contributed by atoms with van der Waals surface area (Å²) in [5.41, 5.74) is 39.1. The number of fused-ring (bicyclic) bond motifs is 10. The minimum absolute atomic E-state index is 0.0973. The van der Waals surface area contributed by atoms with Gasteiger partial charge in [-0.05, 0) is 244 Å². The molecule has 14 aromatic rings. The Morgan fingerprint density at radius 2 is 0.613 bits per heavy atom. The zero-order chi connectivity index (χ0) is 84.9. The summed E-state index contributed by atoms with van der Waals surface area (Å²) in [6.07, 6.45) is 0. The standard InChI is InChI=1S/C115H124BN3/c1-106(2,3)77-47-52-98(89(64-77)73-56-81(110(13,14)15)62-82(57-73)111(16,17)18)118-101-60-71(72-54-79(108(7,8)9)61-80(55-72)109(10,11)12)46-50-95(101)116-96-51-49-86(117-97-45-37-35-43-88(97)92-69-91-87-42-34-36-44-93(87)115(94(91)70-100(92)117,75-38-30-28-31-39-75)76-40-32-29-33-41-76)68-102(96)119(104-67-85(114(25,26)27)66-103(118)105(104)116)99-53-48-78(107(4,5)6)65-90(99)74-58-83(112(19,20)21)63-84(59-74)113(22,23)24/h28-70H,1-27H3. The minimum atomic E-state index is -0.608. The second-order valence-electron chi connectivity index (χ2n) is 44.5. The third kappa shape index (κ3) is 13.8. The van der Waals surface area contributed by atoms with Crippen LogP contribution in [0.5, 0.6) is 0 Å². The molecule has 3 heterocycles. The first-order valence-corrected chi connectivity index (χ1v) is 43.8. The fourth-order valence-electron chi connectivity index (χ4n) is 19.2. The van der Waals surface area contributed by atoms with Gasteiger partial charge in [-0.3, -0.25) is 0 Å². The van der Waals surface area contributed by atoms with Crippen molar-refractivity contribution in [2.24, 2.45) is 0 Å². The van der Waals surface area contributed by atoms with Gasteiger partial charge in [0, 0.05) is 50.3 Å². The summed E-state index contributed by atoms with van der Waals surface area (Å²) in [6.45, 7) is 64.2. The molecule has 17 rings (SSSR count). The van der Waals surface area contributed by atoms with E-state index in [9.17, 15) is 0 Å². The monoisotopic (exact) mass is 1560 g/mol. The molecule has 0 bridgehead atoms. The number of aromatic nitrogens is 1. The molecule has 602 valence electrons. The van der Waals surface area contributed by atoms with Gasteiger partial charge in [-0.2, -0.15) is 0 Å². The molecule has 0 atom stereocenters. The lowest BCUT2D eigenvalue weighted by Gasteiger charge is -2.46. The van der Waals surface area contributed by atoms with E-state index < -0.39 is 5.41 Å². The van der Waals surface area contributed by atoms with Gasteiger partial charge in [0.05, 0.1) is 27.8 Å². The molecule has 119 heavy (non-hydrogen) atoms. The van der Waals surface area contributed by atoms with Crippen LogP contribution in [0, 0.1) is 0 Å². The molecule has 3 nitrogen and oxygen atoms in total. The molecule has 0 unspecified atom stereocenters. The highest BCUT2D eigenvalue weighted by atomic mass is 15.2. The Morgan fingerprint density at radius 3 is 1.06 bits per heavy atom. The van der Waals surface area contributed by atoms with Gasteiger partial charge in [0.25, 0.3) is 6.71 Å². The molecule has 13 aromatic carbocycles. The third-order valence-electron chi connectivity index (χ3n) is 26.6. The van der Waals surface area contributed by atoms with Crippen molar-refractivity contribution in [2.45, 2.75) is 241 Å². The van der Waals surface area contributed by atoms with E-state index in [0.29, 0.717) is 0 Å². The van der Waals surface area contributed by atoms with Crippen molar-refractivity contribution < 1.29 is 0 Å². The van der Waals surface area contributed by atoms with Crippen LogP contribution in [-0.4, -0.2) is 11.3 Å². The molecule has 3 aliphatic rings. The zero-order valence-electron chi connectivity index (χ0n) is 76.2. The van der Waals surface area contributed by atoms with Crippen LogP contribution < -0.4 is 26.2 Å². The maximum atomic E-state index is 2.76. The predicted octanol–water partition coefficient (Wildman–Crippen LogP) is 29.9. The molecule has 0 saturated carbocycles. The van der Waals surface area contributed by atoms with Crippen molar-refractivity contribution in [1.82, 2.24) is 4.57 Å². The van der Waals surface area contributed by atoms with E-state index in [2.05, 4.69) is 462 Å². The van der Waals surface area contributed by atoms with Gasteiger partial charge in [0.1, 0.15) is 0 Å². The molecule has 4 heteroatoms. The molecule has 0 N–H and O–H groups in total. The molecule has 0 fully saturated rings. The molecule has 0 saturated heterocycles. The summed E-state index contributed by atoms with van der Waals surface area (Å²) in [7, 11) is 0. The number of hydrogen-bond donors (Lipinski definition) is 0. The number of hydrogen-bond acceptors (Lipinski definition) is 2. The van der Waals surface area contributed by atoms with Crippen LogP contribution in [0.15, 0.2) is 261 Å². The third-order valence-corrected chi connectivity index (χ3v) is 26.6. The van der Waals surface area contributed by atoms with Crippen molar-refractivity contribution in [3.05, 3.63) is 333 Å². The summed E-state index contributed by atoms with van der Waals surface area (Å²) >= 11 is 0. The average molecular weight is 1560 g/mol. The van der Waals surface area contributed by atoms with Crippen molar-refractivity contribution in [1.29, 1.82) is 0 Å². The van der Waals surface area contributed by atoms with E-state index in [0.717, 1.165) is 22.7 Å². The number of benzene rings is 13. The molecule has 1 aliphatic carbocycles. The highest BCUT2D eigenvalue weighted by Gasteiger charge is 2.49. The topological polar surface area (TPSA) is 11.4 Å². The first-order chi connectivity index (χ1) is 55.7. The Hall–Kier alpha value is -10.7. The number of para-hydroxylation sites is 1. The molecule has 0 radical (unpaired) electrons. The highest BCUT2D eigenvalue weighted by Crippen LogP contribution is 2.59. The fourth-order valence-corrected chi connectivity index (χ4v) is 19.2. The van der Waals surface area contributed by atoms with Crippen LogP contribution in [0.3, 0.4) is 0 Å². The van der Waals surface area contributed by atoms with Gasteiger partial charge in [0.15, 0.2) is 0 Å². The lowest BCUT2D eigenvalue weighted by Crippen LogP contribution is -2.61. The van der Waals surface area contributed by atoms with Crippen LogP contribution in [0.1, 0.15) is 259 Å². The maximum Gasteiger partial charge on any atom is 0.252 e. The number of anilines is 6. The average Bonchev–Trinajstić information content (AvgIpc) is 1.66. The summed E-state index contributed by atoms with van der Waals surface area (Å²) in [5, 5.41) is 2.45. The van der Waals surface area contributed by atoms with Crippen LogP contribution in [0.4, 0.5) is 34.1 Å². The Labute approximate surface area is 713 Å². The first-order valence-electron chi connectivity index (χ1n) is 43.8. The zero-order valence-corrected chi connectivity index (χ0v) is 76.2. The van der Waals surface area contributed by atoms with Crippen molar-refractivity contribution in [2.75, 3.05) is 9.80 Å². The molecule has 0 amide bonds. The van der Waals surface area contributed by atoms with E-state index in [4.69, 9.17) is 0 Å². The van der Waals surface area contributed by atoms with E-state index in [1.165, 1.54) is 172 Å². The smallest absolute Gasteiger partial charge is 0.252 e. The highest BCUT2D eigenvalue weighted by molar-refractivity contribution is 7.00. The van der Waals surface area contributed by atoms with Gasteiger partial charge in [-0.15, -0.1) is 0 Å². The van der Waals surface area contributed by atoms with Crippen molar-refractivity contribution in [3.63, 3.8) is 0 Å². The van der Waals surface area contributed by atoms with E-state index >= 15 is 0 Å². The molecular weight excluding hydrogens is 1430 g/mol. The van der Waals surface area contributed by atoms with E-state index in [-0.39, 0.29) is 55.4 Å². The predicted molar refractivity (Wildman–Crippen MR) is 517 cm³/mol. The lowest BCUT2D eigenvalue weighted by molar-refractivity contribution is 0.568. The SMILES string of the molecule is CC(C)(C)c1cc(-c2ccc3c(c2)N(c2ccc(C(C)(C)C)cc2-c2cc(C(C)(C)C)cc(C(C)(C)C)c2)c2cc(C(C)(C)C)cc4c2B3c2ccc(-n3c5ccccc5c5cc6c(cc53)C(c3ccccc3)(c3ccccc3)c3ccccc3-6)cc2N4c2ccc(C(C)(C)C)cc2-c2cc(C(C)(C)C)cc(C(C)(C)C)c2)cc(C(C)(C)C)c1. The Bertz CT molecular complexity index is 6270. The minimum Gasteiger partial charge on any atom is -0.311 e. The van der Waals surface area contributed by atoms with Gasteiger partial charge in [0.2, 0.25) is 0 Å². The van der Waals surface area contributed by atoms with Crippen molar-refractivity contribution in [3.8, 4) is 50.2 Å². The normalized spacial score (nSPS) is 14.4. The Kier molecular flexibility index (Phi) is 18.8. The number of rotatable bonds is 8. The molecule has 2 aliphatic heterocycles. The second-order valence-corrected chi connectivity index (χ2v) is 44.5.